The molecule has 1 aromatic rings. The first-order valence-electron chi connectivity index (χ1n) is 6.26. The lowest BCUT2D eigenvalue weighted by atomic mass is 9.83. The number of rotatable bonds is 4. The molecule has 0 saturated carbocycles. The van der Waals surface area contributed by atoms with Crippen LogP contribution in [0.4, 0.5) is 0 Å². The summed E-state index contributed by atoms with van der Waals surface area (Å²) >= 11 is 5.64. The molecule has 1 aromatic heterocycles. The van der Waals surface area contributed by atoms with E-state index in [2.05, 4.69) is 0 Å². The summed E-state index contributed by atoms with van der Waals surface area (Å²) in [6.45, 7) is 2.61. The van der Waals surface area contributed by atoms with Gasteiger partial charge in [-0.2, -0.15) is 0 Å². The van der Waals surface area contributed by atoms with Crippen LogP contribution in [0.15, 0.2) is 16.5 Å². The fourth-order valence-electron chi connectivity index (χ4n) is 2.59. The van der Waals surface area contributed by atoms with E-state index in [0.717, 1.165) is 6.42 Å². The molecule has 1 fully saturated rings. The van der Waals surface area contributed by atoms with E-state index in [4.69, 9.17) is 16.0 Å². The van der Waals surface area contributed by atoms with Crippen LogP contribution in [0.5, 0.6) is 0 Å². The van der Waals surface area contributed by atoms with Gasteiger partial charge in [0.05, 0.1) is 5.41 Å². The van der Waals surface area contributed by atoms with Crippen LogP contribution in [0.2, 0.25) is 5.22 Å². The van der Waals surface area contributed by atoms with Crippen LogP contribution in [0.3, 0.4) is 0 Å². The molecule has 0 radical (unpaired) electrons. The van der Waals surface area contributed by atoms with Gasteiger partial charge in [-0.25, -0.2) is 0 Å². The maximum Gasteiger partial charge on any atom is 0.311 e. The quantitative estimate of drug-likeness (QED) is 0.923. The van der Waals surface area contributed by atoms with E-state index in [1.54, 1.807) is 0 Å². The van der Waals surface area contributed by atoms with Gasteiger partial charge in [-0.05, 0) is 36.6 Å². The summed E-state index contributed by atoms with van der Waals surface area (Å²) in [5.41, 5.74) is -0.819. The van der Waals surface area contributed by atoms with Gasteiger partial charge in [-0.15, -0.1) is 0 Å². The largest absolute Gasteiger partial charge is 0.481 e. The summed E-state index contributed by atoms with van der Waals surface area (Å²) in [6.07, 6.45) is 1.84. The lowest BCUT2D eigenvalue weighted by Gasteiger charge is -2.23. The molecule has 1 atom stereocenters. The minimum Gasteiger partial charge on any atom is -0.481 e. The van der Waals surface area contributed by atoms with Gasteiger partial charge in [0.1, 0.15) is 0 Å². The van der Waals surface area contributed by atoms with Gasteiger partial charge < -0.3 is 14.4 Å². The van der Waals surface area contributed by atoms with Gasteiger partial charge >= 0.3 is 5.97 Å². The van der Waals surface area contributed by atoms with Gasteiger partial charge in [0, 0.05) is 13.1 Å². The summed E-state index contributed by atoms with van der Waals surface area (Å²) < 4.78 is 5.07. The first kappa shape index (κ1) is 13.9. The summed E-state index contributed by atoms with van der Waals surface area (Å²) in [4.78, 5) is 25.1. The lowest BCUT2D eigenvalue weighted by Crippen LogP contribution is -2.36. The van der Waals surface area contributed by atoms with Crippen molar-refractivity contribution < 1.29 is 19.1 Å². The molecule has 2 heterocycles. The highest BCUT2D eigenvalue weighted by atomic mass is 35.5. The zero-order valence-electron chi connectivity index (χ0n) is 10.7. The maximum atomic E-state index is 12.2. The number of nitrogens with zero attached hydrogens (tertiary/aromatic N) is 1. The van der Waals surface area contributed by atoms with E-state index in [9.17, 15) is 14.7 Å². The predicted octanol–water partition coefficient (Wildman–Crippen LogP) is 2.65. The molecule has 0 aromatic carbocycles. The van der Waals surface area contributed by atoms with Crippen molar-refractivity contribution in [3.05, 3.63) is 23.1 Å². The Morgan fingerprint density at radius 1 is 1.53 bits per heavy atom. The van der Waals surface area contributed by atoms with Crippen molar-refractivity contribution in [2.45, 2.75) is 26.2 Å². The van der Waals surface area contributed by atoms with Crippen molar-refractivity contribution in [2.75, 3.05) is 13.1 Å². The number of hydrogen-bond acceptors (Lipinski definition) is 3. The third kappa shape index (κ3) is 2.61. The van der Waals surface area contributed by atoms with E-state index in [0.29, 0.717) is 19.4 Å². The monoisotopic (exact) mass is 285 g/mol. The molecule has 19 heavy (non-hydrogen) atoms. The fraction of sp³-hybridized carbons (Fsp3) is 0.538. The molecular formula is C13H16ClNO4. The second kappa shape index (κ2) is 5.25. The topological polar surface area (TPSA) is 70.8 Å². The Morgan fingerprint density at radius 2 is 2.26 bits per heavy atom. The van der Waals surface area contributed by atoms with E-state index in [1.807, 2.05) is 6.92 Å². The highest BCUT2D eigenvalue weighted by molar-refractivity contribution is 6.29. The number of aliphatic carboxylic acids is 1. The van der Waals surface area contributed by atoms with Crippen molar-refractivity contribution in [2.24, 2.45) is 5.41 Å². The number of amides is 1. The average Bonchev–Trinajstić information content (AvgIpc) is 2.96. The van der Waals surface area contributed by atoms with Gasteiger partial charge in [0.2, 0.25) is 0 Å². The third-order valence-electron chi connectivity index (χ3n) is 3.61. The van der Waals surface area contributed by atoms with E-state index >= 15 is 0 Å². The highest BCUT2D eigenvalue weighted by Gasteiger charge is 2.45. The highest BCUT2D eigenvalue weighted by Crippen LogP contribution is 2.36. The van der Waals surface area contributed by atoms with Crippen LogP contribution in [-0.4, -0.2) is 35.0 Å². The Bertz CT molecular complexity index is 499. The number of carbonyl (C=O) groups is 2. The van der Waals surface area contributed by atoms with Gasteiger partial charge in [0.25, 0.3) is 5.91 Å². The Kier molecular flexibility index (Phi) is 3.85. The molecule has 1 saturated heterocycles. The first-order chi connectivity index (χ1) is 8.98. The van der Waals surface area contributed by atoms with Crippen LogP contribution >= 0.6 is 11.6 Å². The minimum atomic E-state index is -0.831. The maximum absolute atomic E-state index is 12.2. The number of halogens is 1. The van der Waals surface area contributed by atoms with E-state index in [1.165, 1.54) is 17.0 Å². The third-order valence-corrected chi connectivity index (χ3v) is 3.81. The zero-order valence-corrected chi connectivity index (χ0v) is 11.4. The Hall–Kier alpha value is -1.49. The summed E-state index contributed by atoms with van der Waals surface area (Å²) in [5.74, 6) is -0.976. The van der Waals surface area contributed by atoms with Crippen LogP contribution in [0.1, 0.15) is 36.7 Å². The number of hydrogen-bond donors (Lipinski definition) is 1. The van der Waals surface area contributed by atoms with Crippen molar-refractivity contribution in [1.29, 1.82) is 0 Å². The molecule has 104 valence electrons. The van der Waals surface area contributed by atoms with E-state index in [-0.39, 0.29) is 23.4 Å². The van der Waals surface area contributed by atoms with Crippen molar-refractivity contribution in [1.82, 2.24) is 4.90 Å². The summed E-state index contributed by atoms with van der Waals surface area (Å²) in [5, 5.41) is 9.54. The standard InChI is InChI=1S/C13H16ClNO4/c1-2-5-13(12(17)18)6-7-15(8-13)11(16)9-3-4-10(14)19-9/h3-4H,2,5-8H2,1H3,(H,17,18). The van der Waals surface area contributed by atoms with Crippen LogP contribution in [-0.2, 0) is 4.79 Å². The first-order valence-corrected chi connectivity index (χ1v) is 6.64. The molecule has 1 aliphatic heterocycles. The number of carboxylic acid groups (broad SMARTS) is 1. The number of likely N-dealkylation sites (tertiary alicyclic amines) is 1. The SMILES string of the molecule is CCCC1(C(=O)O)CCN(C(=O)c2ccc(Cl)o2)C1. The van der Waals surface area contributed by atoms with Crippen LogP contribution in [0, 0.1) is 5.41 Å². The van der Waals surface area contributed by atoms with Crippen molar-refractivity contribution in [3.63, 3.8) is 0 Å². The predicted molar refractivity (Wildman–Crippen MR) is 69.2 cm³/mol. The van der Waals surface area contributed by atoms with E-state index < -0.39 is 11.4 Å². The van der Waals surface area contributed by atoms with Crippen molar-refractivity contribution >= 4 is 23.5 Å². The second-order valence-electron chi connectivity index (χ2n) is 4.92. The van der Waals surface area contributed by atoms with Crippen LogP contribution in [0.25, 0.3) is 0 Å². The summed E-state index contributed by atoms with van der Waals surface area (Å²) in [7, 11) is 0. The molecule has 0 aliphatic carbocycles. The molecule has 1 unspecified atom stereocenters. The van der Waals surface area contributed by atoms with Crippen LogP contribution < -0.4 is 0 Å². The number of carboxylic acids is 1. The van der Waals surface area contributed by atoms with Gasteiger partial charge in [-0.3, -0.25) is 9.59 Å². The molecular weight excluding hydrogens is 270 g/mol. The van der Waals surface area contributed by atoms with Crippen molar-refractivity contribution in [3.8, 4) is 0 Å². The summed E-state index contributed by atoms with van der Waals surface area (Å²) in [6, 6.07) is 3.01. The molecule has 1 aliphatic rings. The Morgan fingerprint density at radius 3 is 2.79 bits per heavy atom. The molecule has 5 nitrogen and oxygen atoms in total. The Labute approximate surface area is 116 Å². The fourth-order valence-corrected chi connectivity index (χ4v) is 2.74. The van der Waals surface area contributed by atoms with Gasteiger partial charge in [0.15, 0.2) is 11.0 Å². The molecule has 2 rings (SSSR count). The number of furan rings is 1. The normalized spacial score (nSPS) is 22.7. The average molecular weight is 286 g/mol. The zero-order chi connectivity index (χ0) is 14.0. The minimum absolute atomic E-state index is 0.153. The Balaban J connectivity index is 2.13. The molecule has 1 N–H and O–H groups in total. The molecule has 6 heteroatoms. The molecule has 1 amide bonds. The smallest absolute Gasteiger partial charge is 0.311 e. The molecule has 0 bridgehead atoms. The van der Waals surface area contributed by atoms with Gasteiger partial charge in [-0.1, -0.05) is 13.3 Å². The second-order valence-corrected chi connectivity index (χ2v) is 5.29. The number of carbonyl (C=O) groups excluding carboxylic acids is 1. The molecule has 0 spiro atoms. The lowest BCUT2D eigenvalue weighted by molar-refractivity contribution is -0.148.